The van der Waals surface area contributed by atoms with Crippen molar-refractivity contribution in [3.63, 3.8) is 0 Å². The number of aromatic nitrogens is 2. The first-order valence-corrected chi connectivity index (χ1v) is 9.61. The van der Waals surface area contributed by atoms with E-state index in [1.807, 2.05) is 48.2 Å². The van der Waals surface area contributed by atoms with Crippen LogP contribution in [0.2, 0.25) is 0 Å². The number of hydrogen-bond acceptors (Lipinski definition) is 5. The van der Waals surface area contributed by atoms with Gasteiger partial charge in [0.2, 0.25) is 0 Å². The zero-order valence-corrected chi connectivity index (χ0v) is 15.8. The van der Waals surface area contributed by atoms with Crippen molar-refractivity contribution in [2.45, 2.75) is 18.9 Å². The number of piperazine rings is 1. The number of ether oxygens (including phenoxy) is 1. The molecule has 1 aromatic heterocycles. The van der Waals surface area contributed by atoms with Gasteiger partial charge in [-0.05, 0) is 24.6 Å². The van der Waals surface area contributed by atoms with Crippen LogP contribution >= 0.6 is 0 Å². The molecule has 2 aliphatic heterocycles. The predicted molar refractivity (Wildman–Crippen MR) is 107 cm³/mol. The average molecular weight is 374 g/mol. The Morgan fingerprint density at radius 1 is 1.04 bits per heavy atom. The number of para-hydroxylation sites is 1. The molecule has 1 unspecified atom stereocenters. The second-order valence-corrected chi connectivity index (χ2v) is 7.63. The molecule has 0 radical (unpaired) electrons. The lowest BCUT2D eigenvalue weighted by Gasteiger charge is -2.45. The third-order valence-corrected chi connectivity index (χ3v) is 5.71. The van der Waals surface area contributed by atoms with Gasteiger partial charge in [0.1, 0.15) is 23.8 Å². The van der Waals surface area contributed by atoms with Crippen molar-refractivity contribution in [1.29, 1.82) is 0 Å². The lowest BCUT2D eigenvalue weighted by molar-refractivity contribution is 0.140. The number of anilines is 1. The molecule has 0 saturated carbocycles. The van der Waals surface area contributed by atoms with Crippen LogP contribution in [0.25, 0.3) is 10.9 Å². The highest BCUT2D eigenvalue weighted by molar-refractivity contribution is 5.89. The zero-order valence-electron chi connectivity index (χ0n) is 15.8. The van der Waals surface area contributed by atoms with Crippen LogP contribution in [-0.4, -0.2) is 52.7 Å². The fraction of sp³-hybridized carbons (Fsp3) is 0.318. The molecule has 2 fully saturated rings. The van der Waals surface area contributed by atoms with Gasteiger partial charge in [0.25, 0.3) is 0 Å². The van der Waals surface area contributed by atoms with Crippen molar-refractivity contribution in [3.8, 4) is 0 Å². The number of carbonyl (C=O) groups is 1. The van der Waals surface area contributed by atoms with Crippen molar-refractivity contribution in [2.24, 2.45) is 0 Å². The standard InChI is InChI=1S/C22H22N4O2/c1-16-23-19-10-6-5-9-18(19)20(24-16)25-11-12-26-21(27)28-15-22(26,14-25)13-17-7-3-2-4-8-17/h2-10H,11-15H2,1H3. The number of fused-ring (bicyclic) bond motifs is 2. The van der Waals surface area contributed by atoms with Gasteiger partial charge >= 0.3 is 6.09 Å². The summed E-state index contributed by atoms with van der Waals surface area (Å²) in [5.41, 5.74) is 1.77. The molecule has 0 N–H and O–H groups in total. The Kier molecular flexibility index (Phi) is 3.93. The molecule has 0 aliphatic carbocycles. The second kappa shape index (κ2) is 6.48. The summed E-state index contributed by atoms with van der Waals surface area (Å²) in [5, 5.41) is 1.04. The zero-order chi connectivity index (χ0) is 19.1. The molecule has 2 saturated heterocycles. The average Bonchev–Trinajstić information content (AvgIpc) is 3.03. The van der Waals surface area contributed by atoms with E-state index >= 15 is 0 Å². The third kappa shape index (κ3) is 2.76. The van der Waals surface area contributed by atoms with Crippen LogP contribution < -0.4 is 4.90 Å². The molecule has 28 heavy (non-hydrogen) atoms. The highest BCUT2D eigenvalue weighted by Crippen LogP contribution is 2.35. The molecular formula is C22H22N4O2. The number of benzene rings is 2. The molecular weight excluding hydrogens is 352 g/mol. The maximum atomic E-state index is 12.4. The smallest absolute Gasteiger partial charge is 0.410 e. The van der Waals surface area contributed by atoms with Crippen LogP contribution in [0.3, 0.4) is 0 Å². The first-order chi connectivity index (χ1) is 13.6. The SMILES string of the molecule is Cc1nc(N2CCN3C(=O)OCC3(Cc3ccccc3)C2)c2ccccc2n1. The molecule has 5 rings (SSSR count). The predicted octanol–water partition coefficient (Wildman–Crippen LogP) is 3.19. The molecule has 1 amide bonds. The number of amides is 1. The van der Waals surface area contributed by atoms with E-state index in [9.17, 15) is 4.79 Å². The van der Waals surface area contributed by atoms with Crippen LogP contribution in [-0.2, 0) is 11.2 Å². The summed E-state index contributed by atoms with van der Waals surface area (Å²) in [7, 11) is 0. The molecule has 3 heterocycles. The van der Waals surface area contributed by atoms with Gasteiger partial charge < -0.3 is 9.64 Å². The molecule has 3 aromatic rings. The fourth-order valence-electron chi connectivity index (χ4n) is 4.43. The van der Waals surface area contributed by atoms with Crippen molar-refractivity contribution in [3.05, 3.63) is 66.0 Å². The molecule has 2 aliphatic rings. The topological polar surface area (TPSA) is 58.6 Å². The van der Waals surface area contributed by atoms with Gasteiger partial charge in [-0.3, -0.25) is 4.90 Å². The normalized spacial score (nSPS) is 21.7. The highest BCUT2D eigenvalue weighted by atomic mass is 16.6. The Bertz CT molecular complexity index is 1040. The summed E-state index contributed by atoms with van der Waals surface area (Å²) in [6.45, 7) is 4.37. The molecule has 6 nitrogen and oxygen atoms in total. The number of cyclic esters (lactones) is 1. The van der Waals surface area contributed by atoms with E-state index in [0.29, 0.717) is 19.7 Å². The summed E-state index contributed by atoms with van der Waals surface area (Å²) in [5.74, 6) is 1.70. The van der Waals surface area contributed by atoms with Gasteiger partial charge in [-0.1, -0.05) is 42.5 Å². The van der Waals surface area contributed by atoms with E-state index < -0.39 is 0 Å². The third-order valence-electron chi connectivity index (χ3n) is 5.71. The summed E-state index contributed by atoms with van der Waals surface area (Å²) in [4.78, 5) is 25.9. The minimum atomic E-state index is -0.378. The summed E-state index contributed by atoms with van der Waals surface area (Å²) >= 11 is 0. The van der Waals surface area contributed by atoms with Gasteiger partial charge in [-0.2, -0.15) is 0 Å². The number of aryl methyl sites for hydroxylation is 1. The Morgan fingerprint density at radius 2 is 1.82 bits per heavy atom. The molecule has 0 bridgehead atoms. The second-order valence-electron chi connectivity index (χ2n) is 7.63. The van der Waals surface area contributed by atoms with Crippen LogP contribution in [0.4, 0.5) is 10.6 Å². The molecule has 6 heteroatoms. The Hall–Kier alpha value is -3.15. The molecule has 0 spiro atoms. The molecule has 2 aromatic carbocycles. The van der Waals surface area contributed by atoms with Gasteiger partial charge in [0.15, 0.2) is 0 Å². The van der Waals surface area contributed by atoms with E-state index in [4.69, 9.17) is 9.72 Å². The maximum Gasteiger partial charge on any atom is 0.410 e. The lowest BCUT2D eigenvalue weighted by atomic mass is 9.88. The number of carbonyl (C=O) groups excluding carboxylic acids is 1. The quantitative estimate of drug-likeness (QED) is 0.705. The summed E-state index contributed by atoms with van der Waals surface area (Å²) in [6, 6.07) is 18.4. The summed E-state index contributed by atoms with van der Waals surface area (Å²) < 4.78 is 5.50. The van der Waals surface area contributed by atoms with E-state index in [-0.39, 0.29) is 11.6 Å². The first kappa shape index (κ1) is 17.0. The highest BCUT2D eigenvalue weighted by Gasteiger charge is 2.51. The Labute approximate surface area is 163 Å². The van der Waals surface area contributed by atoms with Crippen LogP contribution in [0, 0.1) is 6.92 Å². The van der Waals surface area contributed by atoms with E-state index in [2.05, 4.69) is 28.1 Å². The minimum absolute atomic E-state index is 0.209. The van der Waals surface area contributed by atoms with Crippen molar-refractivity contribution in [2.75, 3.05) is 31.1 Å². The lowest BCUT2D eigenvalue weighted by Crippen LogP contribution is -2.62. The van der Waals surface area contributed by atoms with Gasteiger partial charge in [-0.15, -0.1) is 0 Å². The molecule has 142 valence electrons. The van der Waals surface area contributed by atoms with Crippen molar-refractivity contribution in [1.82, 2.24) is 14.9 Å². The minimum Gasteiger partial charge on any atom is -0.447 e. The van der Waals surface area contributed by atoms with E-state index in [1.54, 1.807) is 0 Å². The van der Waals surface area contributed by atoms with Gasteiger partial charge in [0.05, 0.1) is 5.52 Å². The molecule has 1 atom stereocenters. The van der Waals surface area contributed by atoms with Gasteiger partial charge in [0, 0.05) is 31.4 Å². The Morgan fingerprint density at radius 3 is 2.68 bits per heavy atom. The number of nitrogens with zero attached hydrogens (tertiary/aromatic N) is 4. The van der Waals surface area contributed by atoms with Crippen molar-refractivity contribution < 1.29 is 9.53 Å². The van der Waals surface area contributed by atoms with Crippen molar-refractivity contribution >= 4 is 22.8 Å². The number of hydrogen-bond donors (Lipinski definition) is 0. The summed E-state index contributed by atoms with van der Waals surface area (Å²) in [6.07, 6.45) is 0.553. The van der Waals surface area contributed by atoms with E-state index in [0.717, 1.165) is 35.5 Å². The number of rotatable bonds is 3. The van der Waals surface area contributed by atoms with Gasteiger partial charge in [-0.25, -0.2) is 14.8 Å². The fourth-order valence-corrected chi connectivity index (χ4v) is 4.43. The van der Waals surface area contributed by atoms with Crippen LogP contribution in [0.1, 0.15) is 11.4 Å². The van der Waals surface area contributed by atoms with E-state index in [1.165, 1.54) is 5.56 Å². The van der Waals surface area contributed by atoms with Crippen LogP contribution in [0.5, 0.6) is 0 Å². The van der Waals surface area contributed by atoms with Crippen LogP contribution in [0.15, 0.2) is 54.6 Å². The largest absolute Gasteiger partial charge is 0.447 e. The Balaban J connectivity index is 1.54. The maximum absolute atomic E-state index is 12.4. The first-order valence-electron chi connectivity index (χ1n) is 9.61. The monoisotopic (exact) mass is 374 g/mol.